The number of nitrogens with zero attached hydrogens (tertiary/aromatic N) is 2. The van der Waals surface area contributed by atoms with Crippen molar-refractivity contribution in [3.8, 4) is 11.3 Å². The molecule has 4 nitrogen and oxygen atoms in total. The standard InChI is InChI=1S/C13H12N2O2/c1-9-3-5-11(13(7-9)15(16)17)12-6-4-10(2)8-14-12/h3-8H,1-2H3. The van der Waals surface area contributed by atoms with E-state index in [-0.39, 0.29) is 10.6 Å². The fourth-order valence-corrected chi connectivity index (χ4v) is 1.64. The highest BCUT2D eigenvalue weighted by Crippen LogP contribution is 2.29. The van der Waals surface area contributed by atoms with Crippen LogP contribution in [0.5, 0.6) is 0 Å². The van der Waals surface area contributed by atoms with Crippen LogP contribution in [0, 0.1) is 24.0 Å². The quantitative estimate of drug-likeness (QED) is 0.585. The number of nitro groups is 1. The Hall–Kier alpha value is -2.23. The minimum atomic E-state index is -0.371. The van der Waals surface area contributed by atoms with E-state index < -0.39 is 0 Å². The Morgan fingerprint density at radius 3 is 2.41 bits per heavy atom. The number of rotatable bonds is 2. The van der Waals surface area contributed by atoms with Gasteiger partial charge in [-0.3, -0.25) is 15.1 Å². The molecule has 17 heavy (non-hydrogen) atoms. The third kappa shape index (κ3) is 2.30. The molecule has 0 aliphatic carbocycles. The first kappa shape index (κ1) is 11.3. The van der Waals surface area contributed by atoms with Gasteiger partial charge in [-0.15, -0.1) is 0 Å². The average Bonchev–Trinajstić information content (AvgIpc) is 2.30. The number of aromatic nitrogens is 1. The maximum absolute atomic E-state index is 11.0. The van der Waals surface area contributed by atoms with Crippen molar-refractivity contribution >= 4 is 5.69 Å². The Balaban J connectivity index is 2.58. The van der Waals surface area contributed by atoms with Crippen molar-refractivity contribution in [3.63, 3.8) is 0 Å². The van der Waals surface area contributed by atoms with Crippen LogP contribution in [0.25, 0.3) is 11.3 Å². The molecule has 2 aromatic rings. The predicted molar refractivity (Wildman–Crippen MR) is 65.8 cm³/mol. The van der Waals surface area contributed by atoms with E-state index in [0.717, 1.165) is 11.1 Å². The summed E-state index contributed by atoms with van der Waals surface area (Å²) in [5, 5.41) is 11.0. The molecule has 0 bridgehead atoms. The van der Waals surface area contributed by atoms with Crippen molar-refractivity contribution in [2.45, 2.75) is 13.8 Å². The second-order valence-electron chi connectivity index (χ2n) is 4.00. The zero-order chi connectivity index (χ0) is 12.4. The molecule has 0 radical (unpaired) electrons. The van der Waals surface area contributed by atoms with E-state index in [1.165, 1.54) is 0 Å². The van der Waals surface area contributed by atoms with Gasteiger partial charge in [-0.1, -0.05) is 12.1 Å². The summed E-state index contributed by atoms with van der Waals surface area (Å²) in [6, 6.07) is 8.85. The highest BCUT2D eigenvalue weighted by molar-refractivity contribution is 5.71. The van der Waals surface area contributed by atoms with E-state index in [2.05, 4.69) is 4.98 Å². The van der Waals surface area contributed by atoms with E-state index in [0.29, 0.717) is 11.3 Å². The summed E-state index contributed by atoms with van der Waals surface area (Å²) in [7, 11) is 0. The Kier molecular flexibility index (Phi) is 2.87. The summed E-state index contributed by atoms with van der Waals surface area (Å²) < 4.78 is 0. The molecule has 4 heteroatoms. The number of hydrogen-bond donors (Lipinski definition) is 0. The van der Waals surface area contributed by atoms with Crippen LogP contribution < -0.4 is 0 Å². The van der Waals surface area contributed by atoms with Gasteiger partial charge in [-0.2, -0.15) is 0 Å². The minimum absolute atomic E-state index is 0.0985. The van der Waals surface area contributed by atoms with Crippen LogP contribution >= 0.6 is 0 Å². The molecule has 0 aliphatic heterocycles. The van der Waals surface area contributed by atoms with Gasteiger partial charge in [0.25, 0.3) is 5.69 Å². The first-order chi connectivity index (χ1) is 8.08. The fourth-order valence-electron chi connectivity index (χ4n) is 1.64. The van der Waals surface area contributed by atoms with Gasteiger partial charge in [0.1, 0.15) is 0 Å². The van der Waals surface area contributed by atoms with Gasteiger partial charge in [0, 0.05) is 12.3 Å². The van der Waals surface area contributed by atoms with Crippen molar-refractivity contribution in [2.75, 3.05) is 0 Å². The molecule has 0 N–H and O–H groups in total. The highest BCUT2D eigenvalue weighted by atomic mass is 16.6. The lowest BCUT2D eigenvalue weighted by Crippen LogP contribution is -1.94. The zero-order valence-electron chi connectivity index (χ0n) is 9.68. The van der Waals surface area contributed by atoms with Crippen LogP contribution in [0.2, 0.25) is 0 Å². The smallest absolute Gasteiger partial charge is 0.258 e. The van der Waals surface area contributed by atoms with Crippen LogP contribution in [0.15, 0.2) is 36.5 Å². The molecular formula is C13H12N2O2. The van der Waals surface area contributed by atoms with Gasteiger partial charge in [-0.05, 0) is 37.1 Å². The van der Waals surface area contributed by atoms with Crippen LogP contribution in [0.4, 0.5) is 5.69 Å². The Bertz CT molecular complexity index is 562. The van der Waals surface area contributed by atoms with E-state index in [1.807, 2.05) is 26.0 Å². The molecule has 0 saturated carbocycles. The van der Waals surface area contributed by atoms with Crippen molar-refractivity contribution in [2.24, 2.45) is 0 Å². The number of nitro benzene ring substituents is 1. The van der Waals surface area contributed by atoms with E-state index in [4.69, 9.17) is 0 Å². The van der Waals surface area contributed by atoms with E-state index >= 15 is 0 Å². The molecule has 0 saturated heterocycles. The number of benzene rings is 1. The topological polar surface area (TPSA) is 56.0 Å². The molecular weight excluding hydrogens is 216 g/mol. The predicted octanol–water partition coefficient (Wildman–Crippen LogP) is 3.27. The zero-order valence-corrected chi connectivity index (χ0v) is 9.68. The molecule has 1 aromatic carbocycles. The maximum Gasteiger partial charge on any atom is 0.279 e. The van der Waals surface area contributed by atoms with Gasteiger partial charge < -0.3 is 0 Å². The molecule has 1 aromatic heterocycles. The Morgan fingerprint density at radius 1 is 1.12 bits per heavy atom. The first-order valence-electron chi connectivity index (χ1n) is 5.26. The van der Waals surface area contributed by atoms with Gasteiger partial charge in [-0.25, -0.2) is 0 Å². The summed E-state index contributed by atoms with van der Waals surface area (Å²) in [5.41, 5.74) is 3.18. The average molecular weight is 228 g/mol. The molecule has 0 atom stereocenters. The lowest BCUT2D eigenvalue weighted by Gasteiger charge is -2.03. The second-order valence-corrected chi connectivity index (χ2v) is 4.00. The van der Waals surface area contributed by atoms with Crippen LogP contribution in [-0.2, 0) is 0 Å². The molecule has 0 aliphatic rings. The molecule has 2 rings (SSSR count). The summed E-state index contributed by atoms with van der Waals surface area (Å²) in [6.45, 7) is 3.76. The van der Waals surface area contributed by atoms with Gasteiger partial charge in [0.2, 0.25) is 0 Å². The molecule has 0 unspecified atom stereocenters. The summed E-state index contributed by atoms with van der Waals surface area (Å²) in [6.07, 6.45) is 1.71. The van der Waals surface area contributed by atoms with Crippen LogP contribution in [-0.4, -0.2) is 9.91 Å². The van der Waals surface area contributed by atoms with E-state index in [9.17, 15) is 10.1 Å². The number of hydrogen-bond acceptors (Lipinski definition) is 3. The van der Waals surface area contributed by atoms with Crippen LogP contribution in [0.1, 0.15) is 11.1 Å². The Labute approximate surface area is 99.1 Å². The molecule has 1 heterocycles. The van der Waals surface area contributed by atoms with Crippen molar-refractivity contribution in [1.82, 2.24) is 4.98 Å². The molecule has 0 fully saturated rings. The van der Waals surface area contributed by atoms with Gasteiger partial charge in [0.05, 0.1) is 16.2 Å². The molecule has 86 valence electrons. The third-order valence-corrected chi connectivity index (χ3v) is 2.54. The number of aryl methyl sites for hydroxylation is 2. The van der Waals surface area contributed by atoms with Crippen molar-refractivity contribution < 1.29 is 4.92 Å². The first-order valence-corrected chi connectivity index (χ1v) is 5.26. The second kappa shape index (κ2) is 4.33. The lowest BCUT2D eigenvalue weighted by molar-refractivity contribution is -0.384. The monoisotopic (exact) mass is 228 g/mol. The van der Waals surface area contributed by atoms with E-state index in [1.54, 1.807) is 24.4 Å². The van der Waals surface area contributed by atoms with Crippen LogP contribution in [0.3, 0.4) is 0 Å². The SMILES string of the molecule is Cc1ccc(-c2ccc(C)cc2[N+](=O)[O-])nc1. The third-order valence-electron chi connectivity index (χ3n) is 2.54. The minimum Gasteiger partial charge on any atom is -0.258 e. The lowest BCUT2D eigenvalue weighted by atomic mass is 10.1. The normalized spacial score (nSPS) is 10.2. The highest BCUT2D eigenvalue weighted by Gasteiger charge is 2.15. The summed E-state index contributed by atoms with van der Waals surface area (Å²) in [5.74, 6) is 0. The summed E-state index contributed by atoms with van der Waals surface area (Å²) >= 11 is 0. The fraction of sp³-hybridized carbons (Fsp3) is 0.154. The van der Waals surface area contributed by atoms with Crippen molar-refractivity contribution in [1.29, 1.82) is 0 Å². The molecule has 0 spiro atoms. The van der Waals surface area contributed by atoms with Gasteiger partial charge >= 0.3 is 0 Å². The Morgan fingerprint density at radius 2 is 1.82 bits per heavy atom. The van der Waals surface area contributed by atoms with Crippen molar-refractivity contribution in [3.05, 3.63) is 57.8 Å². The number of pyridine rings is 1. The van der Waals surface area contributed by atoms with Gasteiger partial charge in [0.15, 0.2) is 0 Å². The summed E-state index contributed by atoms with van der Waals surface area (Å²) in [4.78, 5) is 14.8. The largest absolute Gasteiger partial charge is 0.279 e. The maximum atomic E-state index is 11.0. The molecule has 0 amide bonds.